The highest BCUT2D eigenvalue weighted by atomic mass is 16.5. The van der Waals surface area contributed by atoms with E-state index in [-0.39, 0.29) is 18.6 Å². The van der Waals surface area contributed by atoms with Crippen LogP contribution in [0.3, 0.4) is 0 Å². The fourth-order valence-electron chi connectivity index (χ4n) is 3.50. The molecule has 0 spiro atoms. The quantitative estimate of drug-likeness (QED) is 0.877. The highest BCUT2D eigenvalue weighted by Gasteiger charge is 2.30. The van der Waals surface area contributed by atoms with Gasteiger partial charge in [0, 0.05) is 24.5 Å². The number of hydrogen-bond acceptors (Lipinski definition) is 3. The molecule has 0 radical (unpaired) electrons. The summed E-state index contributed by atoms with van der Waals surface area (Å²) in [7, 11) is 3.36. The van der Waals surface area contributed by atoms with Crippen molar-refractivity contribution in [3.8, 4) is 5.75 Å². The van der Waals surface area contributed by atoms with Gasteiger partial charge in [-0.1, -0.05) is 12.1 Å². The minimum atomic E-state index is -0.387. The Bertz CT molecular complexity index is 760. The number of aliphatic hydroxyl groups is 1. The van der Waals surface area contributed by atoms with Crippen LogP contribution in [0.5, 0.6) is 5.75 Å². The molecule has 1 fully saturated rings. The highest BCUT2D eigenvalue weighted by molar-refractivity contribution is 5.96. The van der Waals surface area contributed by atoms with Crippen LogP contribution in [0.2, 0.25) is 0 Å². The Labute approximate surface area is 148 Å². The lowest BCUT2D eigenvalue weighted by atomic mass is 10.0. The predicted molar refractivity (Wildman–Crippen MR) is 97.1 cm³/mol. The van der Waals surface area contributed by atoms with Crippen molar-refractivity contribution >= 4 is 5.91 Å². The maximum atomic E-state index is 13.0. The molecule has 1 aromatic heterocycles. The van der Waals surface area contributed by atoms with Gasteiger partial charge in [-0.05, 0) is 50.5 Å². The Morgan fingerprint density at radius 3 is 2.48 bits per heavy atom. The number of aryl methyl sites for hydroxylation is 1. The number of nitrogens with zero attached hydrogens (tertiary/aromatic N) is 2. The van der Waals surface area contributed by atoms with Crippen molar-refractivity contribution < 1.29 is 14.6 Å². The largest absolute Gasteiger partial charge is 0.497 e. The van der Waals surface area contributed by atoms with Crippen LogP contribution >= 0.6 is 0 Å². The third-order valence-electron chi connectivity index (χ3n) is 5.09. The molecule has 1 atom stereocenters. The Hall–Kier alpha value is -2.27. The second-order valence-electron chi connectivity index (χ2n) is 6.77. The van der Waals surface area contributed by atoms with Gasteiger partial charge in [-0.2, -0.15) is 0 Å². The summed E-state index contributed by atoms with van der Waals surface area (Å²) < 4.78 is 7.44. The molecule has 25 heavy (non-hydrogen) atoms. The lowest BCUT2D eigenvalue weighted by Gasteiger charge is -2.27. The third-order valence-corrected chi connectivity index (χ3v) is 5.09. The number of amides is 1. The Balaban J connectivity index is 1.86. The third kappa shape index (κ3) is 3.29. The molecule has 2 aromatic rings. The Kier molecular flexibility index (Phi) is 4.86. The van der Waals surface area contributed by atoms with Crippen LogP contribution < -0.4 is 4.74 Å². The molecule has 1 aromatic carbocycles. The number of likely N-dealkylation sites (N-methyl/N-ethyl adjacent to an activating group) is 1. The average molecular weight is 342 g/mol. The van der Waals surface area contributed by atoms with Crippen molar-refractivity contribution in [2.75, 3.05) is 20.8 Å². The lowest BCUT2D eigenvalue weighted by molar-refractivity contribution is 0.0657. The summed E-state index contributed by atoms with van der Waals surface area (Å²) in [6, 6.07) is 9.58. The lowest BCUT2D eigenvalue weighted by Crippen LogP contribution is -2.33. The summed E-state index contributed by atoms with van der Waals surface area (Å²) in [5, 5.41) is 9.87. The van der Waals surface area contributed by atoms with Gasteiger partial charge in [0.2, 0.25) is 0 Å². The molecule has 3 rings (SSSR count). The number of hydrogen-bond donors (Lipinski definition) is 1. The first-order valence-electron chi connectivity index (χ1n) is 8.68. The molecule has 1 aliphatic rings. The molecule has 0 unspecified atom stereocenters. The van der Waals surface area contributed by atoms with Crippen LogP contribution in [0.4, 0.5) is 0 Å². The number of carbonyl (C=O) groups excluding carboxylic acids is 1. The predicted octanol–water partition coefficient (Wildman–Crippen LogP) is 3.25. The second kappa shape index (κ2) is 6.92. The SMILES string of the molecule is COc1ccc([C@@H](CO)N(C)C(=O)c2cc(C)n(C3CC3)c2C)cc1. The van der Waals surface area contributed by atoms with Crippen molar-refractivity contribution in [2.24, 2.45) is 0 Å². The molecular formula is C20H26N2O3. The summed E-state index contributed by atoms with van der Waals surface area (Å²) in [4.78, 5) is 14.7. The van der Waals surface area contributed by atoms with Crippen LogP contribution in [-0.4, -0.2) is 41.2 Å². The highest BCUT2D eigenvalue weighted by Crippen LogP contribution is 2.38. The van der Waals surface area contributed by atoms with E-state index in [4.69, 9.17) is 4.74 Å². The van der Waals surface area contributed by atoms with E-state index in [1.54, 1.807) is 19.1 Å². The molecule has 1 heterocycles. The van der Waals surface area contributed by atoms with Crippen LogP contribution in [0.15, 0.2) is 30.3 Å². The van der Waals surface area contributed by atoms with Gasteiger partial charge < -0.3 is 19.3 Å². The van der Waals surface area contributed by atoms with Gasteiger partial charge in [-0.3, -0.25) is 4.79 Å². The summed E-state index contributed by atoms with van der Waals surface area (Å²) >= 11 is 0. The van der Waals surface area contributed by atoms with E-state index < -0.39 is 0 Å². The number of methoxy groups -OCH3 is 1. The summed E-state index contributed by atoms with van der Waals surface area (Å²) in [6.45, 7) is 3.93. The minimum Gasteiger partial charge on any atom is -0.497 e. The van der Waals surface area contributed by atoms with Crippen LogP contribution in [0.1, 0.15) is 52.2 Å². The molecule has 1 amide bonds. The minimum absolute atomic E-state index is 0.0603. The van der Waals surface area contributed by atoms with Crippen LogP contribution in [0.25, 0.3) is 0 Å². The van der Waals surface area contributed by atoms with E-state index >= 15 is 0 Å². The topological polar surface area (TPSA) is 54.7 Å². The summed E-state index contributed by atoms with van der Waals surface area (Å²) in [5.74, 6) is 0.692. The molecular weight excluding hydrogens is 316 g/mol. The van der Waals surface area contributed by atoms with E-state index in [0.29, 0.717) is 6.04 Å². The van der Waals surface area contributed by atoms with Gasteiger partial charge in [-0.15, -0.1) is 0 Å². The number of aliphatic hydroxyl groups excluding tert-OH is 1. The monoisotopic (exact) mass is 342 g/mol. The van der Waals surface area contributed by atoms with Gasteiger partial charge in [0.05, 0.1) is 25.3 Å². The van der Waals surface area contributed by atoms with Crippen LogP contribution in [-0.2, 0) is 0 Å². The number of aromatic nitrogens is 1. The Morgan fingerprint density at radius 1 is 1.32 bits per heavy atom. The number of carbonyl (C=O) groups is 1. The first kappa shape index (κ1) is 17.5. The van der Waals surface area contributed by atoms with Gasteiger partial charge in [-0.25, -0.2) is 0 Å². The van der Waals surface area contributed by atoms with Crippen molar-refractivity contribution in [3.05, 3.63) is 52.8 Å². The number of rotatable bonds is 6. The summed E-state index contributed by atoms with van der Waals surface area (Å²) in [5.41, 5.74) is 3.75. The second-order valence-corrected chi connectivity index (χ2v) is 6.77. The van der Waals surface area contributed by atoms with E-state index in [1.807, 2.05) is 37.3 Å². The fourth-order valence-corrected chi connectivity index (χ4v) is 3.50. The van der Waals surface area contributed by atoms with E-state index in [0.717, 1.165) is 28.3 Å². The van der Waals surface area contributed by atoms with Crippen molar-refractivity contribution in [2.45, 2.75) is 38.8 Å². The molecule has 0 aliphatic heterocycles. The molecule has 0 bridgehead atoms. The zero-order valence-electron chi connectivity index (χ0n) is 15.3. The van der Waals surface area contributed by atoms with Gasteiger partial charge in [0.25, 0.3) is 5.91 Å². The van der Waals surface area contributed by atoms with Gasteiger partial charge >= 0.3 is 0 Å². The molecule has 1 saturated carbocycles. The van der Waals surface area contributed by atoms with Gasteiger partial charge in [0.1, 0.15) is 5.75 Å². The Morgan fingerprint density at radius 2 is 1.96 bits per heavy atom. The standard InChI is InChI=1S/C20H26N2O3/c1-13-11-18(14(2)22(13)16-7-8-16)20(24)21(3)19(12-23)15-5-9-17(25-4)10-6-15/h5-6,9-11,16,19,23H,7-8,12H2,1-4H3/t19-/m1/s1. The van der Waals surface area contributed by atoms with Crippen molar-refractivity contribution in [1.29, 1.82) is 0 Å². The first-order chi connectivity index (χ1) is 12.0. The molecule has 1 aliphatic carbocycles. The van der Waals surface area contributed by atoms with Crippen molar-refractivity contribution in [3.63, 3.8) is 0 Å². The molecule has 5 nitrogen and oxygen atoms in total. The smallest absolute Gasteiger partial charge is 0.256 e. The zero-order valence-corrected chi connectivity index (χ0v) is 15.3. The zero-order chi connectivity index (χ0) is 18.1. The molecule has 5 heteroatoms. The maximum Gasteiger partial charge on any atom is 0.256 e. The normalized spacial score (nSPS) is 15.1. The molecule has 134 valence electrons. The number of benzene rings is 1. The molecule has 1 N–H and O–H groups in total. The first-order valence-corrected chi connectivity index (χ1v) is 8.68. The van der Waals surface area contributed by atoms with Crippen LogP contribution in [0, 0.1) is 13.8 Å². The average Bonchev–Trinajstić information content (AvgIpc) is 3.40. The van der Waals surface area contributed by atoms with E-state index in [1.165, 1.54) is 12.8 Å². The van der Waals surface area contributed by atoms with E-state index in [2.05, 4.69) is 11.5 Å². The maximum absolute atomic E-state index is 13.0. The van der Waals surface area contributed by atoms with Gasteiger partial charge in [0.15, 0.2) is 0 Å². The van der Waals surface area contributed by atoms with E-state index in [9.17, 15) is 9.90 Å². The number of ether oxygens (including phenoxy) is 1. The van der Waals surface area contributed by atoms with Crippen molar-refractivity contribution in [1.82, 2.24) is 9.47 Å². The molecule has 0 saturated heterocycles. The fraction of sp³-hybridized carbons (Fsp3) is 0.450. The summed E-state index contributed by atoms with van der Waals surface area (Å²) in [6.07, 6.45) is 2.37.